The van der Waals surface area contributed by atoms with Crippen molar-refractivity contribution in [3.8, 4) is 0 Å². The van der Waals surface area contributed by atoms with Gasteiger partial charge in [0.15, 0.2) is 0 Å². The Morgan fingerprint density at radius 1 is 1.17 bits per heavy atom. The number of hydrogen-bond acceptors (Lipinski definition) is 2. The summed E-state index contributed by atoms with van der Waals surface area (Å²) in [5, 5.41) is 0. The molecule has 2 aliphatic rings. The number of piperidine rings is 2. The third-order valence-electron chi connectivity index (χ3n) is 4.53. The minimum atomic E-state index is 0.353. The quantitative estimate of drug-likeness (QED) is 0.813. The zero-order valence-electron chi connectivity index (χ0n) is 10.8. The first-order valence-electron chi connectivity index (χ1n) is 7.13. The molecule has 3 atom stereocenters. The summed E-state index contributed by atoms with van der Waals surface area (Å²) in [5.74, 6) is 0.861. The molecule has 2 aliphatic heterocycles. The maximum Gasteiger partial charge on any atom is 0.138 e. The average molecular weight is 243 g/mol. The van der Waals surface area contributed by atoms with Crippen LogP contribution >= 0.6 is 0 Å². The molecule has 96 valence electrons. The Morgan fingerprint density at radius 3 is 2.83 bits per heavy atom. The van der Waals surface area contributed by atoms with E-state index in [1.807, 2.05) is 0 Å². The van der Waals surface area contributed by atoms with Crippen molar-refractivity contribution in [1.82, 2.24) is 4.90 Å². The highest BCUT2D eigenvalue weighted by Gasteiger charge is 2.35. The van der Waals surface area contributed by atoms with Crippen LogP contribution in [0.25, 0.3) is 0 Å². The van der Waals surface area contributed by atoms with E-state index in [0.29, 0.717) is 17.7 Å². The molecule has 1 unspecified atom stereocenters. The molecule has 0 radical (unpaired) electrons. The highest BCUT2D eigenvalue weighted by atomic mass is 16.1. The lowest BCUT2D eigenvalue weighted by Crippen LogP contribution is -2.50. The monoisotopic (exact) mass is 243 g/mol. The Balaban J connectivity index is 1.56. The second kappa shape index (κ2) is 5.23. The van der Waals surface area contributed by atoms with Gasteiger partial charge in [0.2, 0.25) is 0 Å². The van der Waals surface area contributed by atoms with E-state index in [0.717, 1.165) is 25.9 Å². The molecule has 2 heterocycles. The van der Waals surface area contributed by atoms with E-state index in [1.165, 1.54) is 24.8 Å². The van der Waals surface area contributed by atoms with Gasteiger partial charge in [-0.15, -0.1) is 0 Å². The maximum atomic E-state index is 11.7. The van der Waals surface area contributed by atoms with Crippen molar-refractivity contribution in [3.05, 3.63) is 35.9 Å². The van der Waals surface area contributed by atoms with Crippen LogP contribution in [0, 0.1) is 5.92 Å². The lowest BCUT2D eigenvalue weighted by atomic mass is 9.83. The number of ketones is 1. The molecule has 2 heteroatoms. The van der Waals surface area contributed by atoms with Crippen molar-refractivity contribution in [2.75, 3.05) is 13.1 Å². The van der Waals surface area contributed by atoms with Crippen molar-refractivity contribution < 1.29 is 4.79 Å². The first kappa shape index (κ1) is 11.9. The molecule has 0 aliphatic carbocycles. The fourth-order valence-corrected chi connectivity index (χ4v) is 3.40. The van der Waals surface area contributed by atoms with Crippen molar-refractivity contribution >= 4 is 5.78 Å². The number of carbonyl (C=O) groups excluding carboxylic acids is 1. The Bertz CT molecular complexity index is 414. The second-order valence-electron chi connectivity index (χ2n) is 5.66. The SMILES string of the molecule is O=C1CCN2C[C@H]1CC[C@@H]2CCc1ccccc1. The van der Waals surface area contributed by atoms with E-state index in [2.05, 4.69) is 35.2 Å². The summed E-state index contributed by atoms with van der Waals surface area (Å²) in [5.41, 5.74) is 1.44. The molecular weight excluding hydrogens is 222 g/mol. The highest BCUT2D eigenvalue weighted by Crippen LogP contribution is 2.29. The molecule has 0 saturated carbocycles. The number of nitrogens with zero attached hydrogens (tertiary/aromatic N) is 1. The minimum absolute atomic E-state index is 0.353. The summed E-state index contributed by atoms with van der Waals surface area (Å²) in [6.45, 7) is 2.02. The molecule has 2 bridgehead atoms. The number of benzene rings is 1. The molecule has 18 heavy (non-hydrogen) atoms. The van der Waals surface area contributed by atoms with Crippen molar-refractivity contribution in [2.24, 2.45) is 5.92 Å². The predicted molar refractivity (Wildman–Crippen MR) is 72.5 cm³/mol. The van der Waals surface area contributed by atoms with E-state index in [1.54, 1.807) is 0 Å². The van der Waals surface area contributed by atoms with Crippen LogP contribution in [0.5, 0.6) is 0 Å². The topological polar surface area (TPSA) is 20.3 Å². The fraction of sp³-hybridized carbons (Fsp3) is 0.562. The van der Waals surface area contributed by atoms with E-state index >= 15 is 0 Å². The van der Waals surface area contributed by atoms with E-state index in [4.69, 9.17) is 0 Å². The molecule has 2 saturated heterocycles. The zero-order chi connectivity index (χ0) is 12.4. The molecular formula is C16H21NO. The van der Waals surface area contributed by atoms with Gasteiger partial charge in [-0.3, -0.25) is 9.69 Å². The lowest BCUT2D eigenvalue weighted by Gasteiger charge is -2.42. The summed E-state index contributed by atoms with van der Waals surface area (Å²) < 4.78 is 0. The van der Waals surface area contributed by atoms with Gasteiger partial charge in [0.05, 0.1) is 0 Å². The van der Waals surface area contributed by atoms with E-state index in [-0.39, 0.29) is 0 Å². The smallest absolute Gasteiger partial charge is 0.138 e. The van der Waals surface area contributed by atoms with Gasteiger partial charge in [0.25, 0.3) is 0 Å². The molecule has 1 aromatic rings. The molecule has 0 spiro atoms. The van der Waals surface area contributed by atoms with Gasteiger partial charge in [-0.25, -0.2) is 0 Å². The maximum absolute atomic E-state index is 11.7. The van der Waals surface area contributed by atoms with Crippen LogP contribution in [0.3, 0.4) is 0 Å². The number of carbonyl (C=O) groups is 1. The van der Waals surface area contributed by atoms with Crippen LogP contribution in [-0.4, -0.2) is 29.8 Å². The third-order valence-corrected chi connectivity index (χ3v) is 4.53. The summed E-state index contributed by atoms with van der Waals surface area (Å²) in [4.78, 5) is 14.2. The van der Waals surface area contributed by atoms with Crippen molar-refractivity contribution in [3.63, 3.8) is 0 Å². The number of hydrogen-bond donors (Lipinski definition) is 0. The minimum Gasteiger partial charge on any atom is -0.299 e. The Hall–Kier alpha value is -1.15. The van der Waals surface area contributed by atoms with Gasteiger partial charge in [-0.05, 0) is 31.2 Å². The molecule has 2 nitrogen and oxygen atoms in total. The van der Waals surface area contributed by atoms with Gasteiger partial charge < -0.3 is 0 Å². The number of rotatable bonds is 3. The first-order valence-corrected chi connectivity index (χ1v) is 7.13. The summed E-state index contributed by atoms with van der Waals surface area (Å²) >= 11 is 0. The fourth-order valence-electron chi connectivity index (χ4n) is 3.40. The summed E-state index contributed by atoms with van der Waals surface area (Å²) in [6.07, 6.45) is 5.52. The van der Waals surface area contributed by atoms with Crippen LogP contribution in [0.1, 0.15) is 31.2 Å². The molecule has 1 aromatic carbocycles. The number of fused-ring (bicyclic) bond motifs is 2. The predicted octanol–water partition coefficient (Wildman–Crippen LogP) is 2.67. The van der Waals surface area contributed by atoms with E-state index in [9.17, 15) is 4.79 Å². The van der Waals surface area contributed by atoms with Crippen LogP contribution in [0.4, 0.5) is 0 Å². The number of Topliss-reactive ketones (excluding diaryl/α,β-unsaturated/α-hetero) is 1. The molecule has 0 N–H and O–H groups in total. The Kier molecular flexibility index (Phi) is 3.46. The second-order valence-corrected chi connectivity index (χ2v) is 5.66. The lowest BCUT2D eigenvalue weighted by molar-refractivity contribution is -0.129. The molecule has 2 fully saturated rings. The average Bonchev–Trinajstić information content (AvgIpc) is 2.43. The summed E-state index contributed by atoms with van der Waals surface area (Å²) in [6, 6.07) is 11.4. The first-order chi connectivity index (χ1) is 8.83. The molecule has 0 aromatic heterocycles. The summed E-state index contributed by atoms with van der Waals surface area (Å²) in [7, 11) is 0. The Labute approximate surface area is 109 Å². The van der Waals surface area contributed by atoms with Gasteiger partial charge in [0, 0.05) is 31.5 Å². The normalized spacial score (nSPS) is 31.3. The Morgan fingerprint density at radius 2 is 2.00 bits per heavy atom. The largest absolute Gasteiger partial charge is 0.299 e. The molecule has 3 rings (SSSR count). The number of aryl methyl sites for hydroxylation is 1. The van der Waals surface area contributed by atoms with Crippen LogP contribution in [0.15, 0.2) is 30.3 Å². The van der Waals surface area contributed by atoms with Crippen molar-refractivity contribution in [1.29, 1.82) is 0 Å². The van der Waals surface area contributed by atoms with Gasteiger partial charge in [-0.2, -0.15) is 0 Å². The van der Waals surface area contributed by atoms with Crippen LogP contribution in [-0.2, 0) is 11.2 Å². The highest BCUT2D eigenvalue weighted by molar-refractivity contribution is 5.82. The molecule has 0 amide bonds. The van der Waals surface area contributed by atoms with E-state index < -0.39 is 0 Å². The van der Waals surface area contributed by atoms with Crippen LogP contribution < -0.4 is 0 Å². The third kappa shape index (κ3) is 2.49. The van der Waals surface area contributed by atoms with Gasteiger partial charge >= 0.3 is 0 Å². The van der Waals surface area contributed by atoms with Gasteiger partial charge in [0.1, 0.15) is 5.78 Å². The zero-order valence-corrected chi connectivity index (χ0v) is 10.8. The van der Waals surface area contributed by atoms with Crippen LogP contribution in [0.2, 0.25) is 0 Å². The van der Waals surface area contributed by atoms with Crippen molar-refractivity contribution in [2.45, 2.75) is 38.1 Å². The van der Waals surface area contributed by atoms with Gasteiger partial charge in [-0.1, -0.05) is 30.3 Å². The standard InChI is InChI=1S/C16H21NO/c18-16-10-11-17-12-14(16)7-9-15(17)8-6-13-4-2-1-3-5-13/h1-5,14-15H,6-12H2/t14-,15+/m1/s1.